The van der Waals surface area contributed by atoms with E-state index in [0.29, 0.717) is 19.8 Å². The van der Waals surface area contributed by atoms with Crippen LogP contribution in [0.15, 0.2) is 18.2 Å². The summed E-state index contributed by atoms with van der Waals surface area (Å²) < 4.78 is 11.2. The van der Waals surface area contributed by atoms with Crippen LogP contribution in [0.2, 0.25) is 0 Å². The first-order valence-electron chi connectivity index (χ1n) is 8.53. The van der Waals surface area contributed by atoms with E-state index in [1.165, 1.54) is 12.8 Å². The van der Waals surface area contributed by atoms with E-state index in [9.17, 15) is 4.79 Å². The van der Waals surface area contributed by atoms with E-state index >= 15 is 0 Å². The van der Waals surface area contributed by atoms with Gasteiger partial charge in [-0.2, -0.15) is 0 Å². The molecule has 0 aromatic heterocycles. The van der Waals surface area contributed by atoms with Gasteiger partial charge in [-0.3, -0.25) is 4.79 Å². The predicted molar refractivity (Wildman–Crippen MR) is 98.2 cm³/mol. The molecule has 0 heterocycles. The van der Waals surface area contributed by atoms with Crippen molar-refractivity contribution < 1.29 is 14.3 Å². The van der Waals surface area contributed by atoms with Gasteiger partial charge in [0, 0.05) is 0 Å². The monoisotopic (exact) mass is 356 g/mol. The van der Waals surface area contributed by atoms with Crippen LogP contribution >= 0.6 is 12.4 Å². The third-order valence-corrected chi connectivity index (χ3v) is 3.86. The Labute approximate surface area is 150 Å². The molecular formula is C18H29ClN2O3. The van der Waals surface area contributed by atoms with E-state index in [0.717, 1.165) is 29.5 Å². The van der Waals surface area contributed by atoms with Crippen molar-refractivity contribution in [3.8, 4) is 11.5 Å². The third-order valence-electron chi connectivity index (χ3n) is 3.86. The van der Waals surface area contributed by atoms with Gasteiger partial charge >= 0.3 is 0 Å². The molecule has 6 heteroatoms. The fraction of sp³-hybridized carbons (Fsp3) is 0.611. The van der Waals surface area contributed by atoms with Crippen LogP contribution in [0.25, 0.3) is 0 Å². The molecule has 136 valence electrons. The van der Waals surface area contributed by atoms with Crippen LogP contribution in [0.1, 0.15) is 45.2 Å². The summed E-state index contributed by atoms with van der Waals surface area (Å²) in [6.07, 6.45) is 2.58. The number of hydrogen-bond acceptors (Lipinski definition) is 4. The van der Waals surface area contributed by atoms with E-state index in [4.69, 9.17) is 9.47 Å². The van der Waals surface area contributed by atoms with Crippen molar-refractivity contribution in [2.75, 3.05) is 26.3 Å². The predicted octanol–water partition coefficient (Wildman–Crippen LogP) is 3.08. The van der Waals surface area contributed by atoms with E-state index in [1.807, 2.05) is 39.0 Å². The lowest BCUT2D eigenvalue weighted by molar-refractivity contribution is -0.120. The molecule has 0 spiro atoms. The highest BCUT2D eigenvalue weighted by molar-refractivity contribution is 5.85. The highest BCUT2D eigenvalue weighted by Crippen LogP contribution is 2.30. The Morgan fingerprint density at radius 2 is 1.88 bits per heavy atom. The van der Waals surface area contributed by atoms with Gasteiger partial charge in [-0.25, -0.2) is 0 Å². The minimum atomic E-state index is -0.0693. The number of carbonyl (C=O) groups is 1. The molecule has 0 saturated heterocycles. The van der Waals surface area contributed by atoms with Crippen LogP contribution in [-0.4, -0.2) is 32.2 Å². The van der Waals surface area contributed by atoms with Crippen LogP contribution in [0, 0.1) is 5.92 Å². The molecule has 24 heavy (non-hydrogen) atoms. The van der Waals surface area contributed by atoms with E-state index in [1.54, 1.807) is 0 Å². The first kappa shape index (κ1) is 20.6. The normalized spacial score (nSPS) is 14.5. The highest BCUT2D eigenvalue weighted by atomic mass is 35.5. The SMILES string of the molecule is CCOc1ccc(C(C)NC(=O)CNCC2CC2)cc1OCC.Cl. The topological polar surface area (TPSA) is 59.6 Å². The van der Waals surface area contributed by atoms with Crippen molar-refractivity contribution in [1.29, 1.82) is 0 Å². The molecule has 2 rings (SSSR count). The molecular weight excluding hydrogens is 328 g/mol. The van der Waals surface area contributed by atoms with Gasteiger partial charge < -0.3 is 20.1 Å². The summed E-state index contributed by atoms with van der Waals surface area (Å²) in [4.78, 5) is 12.0. The summed E-state index contributed by atoms with van der Waals surface area (Å²) in [6.45, 7) is 8.35. The van der Waals surface area contributed by atoms with Gasteiger partial charge in [0.1, 0.15) is 0 Å². The maximum atomic E-state index is 12.0. The van der Waals surface area contributed by atoms with Gasteiger partial charge in [0.05, 0.1) is 25.8 Å². The second-order valence-corrected chi connectivity index (χ2v) is 5.94. The highest BCUT2D eigenvalue weighted by Gasteiger charge is 2.21. The van der Waals surface area contributed by atoms with Gasteiger partial charge in [-0.15, -0.1) is 12.4 Å². The third kappa shape index (κ3) is 6.57. The zero-order valence-corrected chi connectivity index (χ0v) is 15.6. The standard InChI is InChI=1S/C18H28N2O3.ClH/c1-4-22-16-9-8-15(10-17(16)23-5-2)13(3)20-18(21)12-19-11-14-6-7-14;/h8-10,13-14,19H,4-7,11-12H2,1-3H3,(H,20,21);1H. The summed E-state index contributed by atoms with van der Waals surface area (Å²) in [7, 11) is 0. The lowest BCUT2D eigenvalue weighted by Gasteiger charge is -2.17. The van der Waals surface area contributed by atoms with E-state index in [-0.39, 0.29) is 24.4 Å². The van der Waals surface area contributed by atoms with Crippen molar-refractivity contribution in [2.45, 2.75) is 39.7 Å². The smallest absolute Gasteiger partial charge is 0.234 e. The van der Waals surface area contributed by atoms with Gasteiger partial charge in [0.2, 0.25) is 5.91 Å². The molecule has 0 bridgehead atoms. The molecule has 1 fully saturated rings. The summed E-state index contributed by atoms with van der Waals surface area (Å²) in [5, 5.41) is 6.22. The van der Waals surface area contributed by atoms with E-state index in [2.05, 4.69) is 10.6 Å². The second kappa shape index (κ2) is 10.4. The van der Waals surface area contributed by atoms with Gasteiger partial charge in [-0.1, -0.05) is 6.07 Å². The van der Waals surface area contributed by atoms with Crippen LogP contribution in [0.4, 0.5) is 0 Å². The first-order valence-corrected chi connectivity index (χ1v) is 8.53. The van der Waals surface area contributed by atoms with Crippen molar-refractivity contribution in [3.63, 3.8) is 0 Å². The zero-order valence-electron chi connectivity index (χ0n) is 14.8. The molecule has 1 aliphatic rings. The molecule has 1 aromatic rings. The maximum absolute atomic E-state index is 12.0. The minimum absolute atomic E-state index is 0. The van der Waals surface area contributed by atoms with Crippen LogP contribution < -0.4 is 20.1 Å². The molecule has 1 aliphatic carbocycles. The Morgan fingerprint density at radius 3 is 2.50 bits per heavy atom. The fourth-order valence-corrected chi connectivity index (χ4v) is 2.42. The second-order valence-electron chi connectivity index (χ2n) is 5.94. The number of hydrogen-bond donors (Lipinski definition) is 2. The summed E-state index contributed by atoms with van der Waals surface area (Å²) in [5.74, 6) is 2.26. The molecule has 1 unspecified atom stereocenters. The van der Waals surface area contributed by atoms with Crippen molar-refractivity contribution in [2.24, 2.45) is 5.92 Å². The molecule has 1 atom stereocenters. The van der Waals surface area contributed by atoms with Crippen molar-refractivity contribution in [1.82, 2.24) is 10.6 Å². The maximum Gasteiger partial charge on any atom is 0.234 e. The van der Waals surface area contributed by atoms with Crippen molar-refractivity contribution >= 4 is 18.3 Å². The first-order chi connectivity index (χ1) is 11.1. The van der Waals surface area contributed by atoms with E-state index < -0.39 is 0 Å². The quantitative estimate of drug-likeness (QED) is 0.676. The molecule has 1 amide bonds. The minimum Gasteiger partial charge on any atom is -0.490 e. The Bertz CT molecular complexity index is 521. The largest absolute Gasteiger partial charge is 0.490 e. The number of amides is 1. The number of rotatable bonds is 10. The lowest BCUT2D eigenvalue weighted by atomic mass is 10.1. The van der Waals surface area contributed by atoms with Crippen molar-refractivity contribution in [3.05, 3.63) is 23.8 Å². The molecule has 0 aliphatic heterocycles. The summed E-state index contributed by atoms with van der Waals surface area (Å²) in [5.41, 5.74) is 1.01. The lowest BCUT2D eigenvalue weighted by Crippen LogP contribution is -2.36. The Morgan fingerprint density at radius 1 is 1.21 bits per heavy atom. The van der Waals surface area contributed by atoms with Gasteiger partial charge in [0.15, 0.2) is 11.5 Å². The number of carbonyl (C=O) groups excluding carboxylic acids is 1. The van der Waals surface area contributed by atoms with Crippen LogP contribution in [-0.2, 0) is 4.79 Å². The van der Waals surface area contributed by atoms with Crippen LogP contribution in [0.3, 0.4) is 0 Å². The molecule has 1 aromatic carbocycles. The molecule has 5 nitrogen and oxygen atoms in total. The Kier molecular flexibility index (Phi) is 8.93. The molecule has 2 N–H and O–H groups in total. The zero-order chi connectivity index (χ0) is 16.7. The number of nitrogens with one attached hydrogen (secondary N) is 2. The average molecular weight is 357 g/mol. The average Bonchev–Trinajstić information content (AvgIpc) is 3.33. The molecule has 0 radical (unpaired) electrons. The number of ether oxygens (including phenoxy) is 2. The van der Waals surface area contributed by atoms with Gasteiger partial charge in [0.25, 0.3) is 0 Å². The number of halogens is 1. The van der Waals surface area contributed by atoms with Gasteiger partial charge in [-0.05, 0) is 63.8 Å². The Hall–Kier alpha value is -1.46. The Balaban J connectivity index is 0.00000288. The fourth-order valence-electron chi connectivity index (χ4n) is 2.42. The molecule has 1 saturated carbocycles. The van der Waals surface area contributed by atoms with Crippen LogP contribution in [0.5, 0.6) is 11.5 Å². The summed E-state index contributed by atoms with van der Waals surface area (Å²) >= 11 is 0. The number of benzene rings is 1. The summed E-state index contributed by atoms with van der Waals surface area (Å²) in [6, 6.07) is 5.74.